The van der Waals surface area contributed by atoms with Crippen molar-refractivity contribution in [2.45, 2.75) is 20.4 Å². The fourth-order valence-electron chi connectivity index (χ4n) is 1.37. The minimum Gasteiger partial charge on any atom is -0.360 e. The first kappa shape index (κ1) is 12.5. The molecule has 0 unspecified atom stereocenters. The van der Waals surface area contributed by atoms with Crippen molar-refractivity contribution in [3.05, 3.63) is 27.4 Å². The van der Waals surface area contributed by atoms with E-state index in [1.807, 2.05) is 6.92 Å². The van der Waals surface area contributed by atoms with E-state index < -0.39 is 4.92 Å². The number of hydrogen-bond donors (Lipinski definition) is 1. The molecule has 1 heterocycles. The molecule has 16 heavy (non-hydrogen) atoms. The second kappa shape index (κ2) is 4.98. The molecule has 1 aromatic heterocycles. The van der Waals surface area contributed by atoms with Gasteiger partial charge in [-0.15, -0.1) is 0 Å². The van der Waals surface area contributed by atoms with E-state index in [-0.39, 0.29) is 12.2 Å². The molecule has 0 fully saturated rings. The van der Waals surface area contributed by atoms with Gasteiger partial charge in [0, 0.05) is 11.6 Å². The highest BCUT2D eigenvalue weighted by atomic mass is 35.5. The van der Waals surface area contributed by atoms with E-state index in [1.165, 1.54) is 4.68 Å². The van der Waals surface area contributed by atoms with Gasteiger partial charge in [0.1, 0.15) is 5.69 Å². The van der Waals surface area contributed by atoms with Crippen LogP contribution < -0.4 is 5.32 Å². The van der Waals surface area contributed by atoms with Gasteiger partial charge in [0.25, 0.3) is 0 Å². The third-order valence-corrected chi connectivity index (χ3v) is 2.16. The second-order valence-corrected chi connectivity index (χ2v) is 3.76. The van der Waals surface area contributed by atoms with Crippen LogP contribution >= 0.6 is 11.6 Å². The van der Waals surface area contributed by atoms with Crippen LogP contribution in [-0.2, 0) is 6.54 Å². The Morgan fingerprint density at radius 3 is 2.81 bits per heavy atom. The molecule has 0 aliphatic carbocycles. The average Bonchev–Trinajstić information content (AvgIpc) is 2.51. The number of rotatable bonds is 5. The van der Waals surface area contributed by atoms with Gasteiger partial charge >= 0.3 is 5.69 Å². The normalized spacial score (nSPS) is 10.2. The Bertz CT molecular complexity index is 427. The van der Waals surface area contributed by atoms with Crippen LogP contribution in [0.3, 0.4) is 0 Å². The van der Waals surface area contributed by atoms with E-state index in [9.17, 15) is 10.1 Å². The molecule has 1 aromatic rings. The summed E-state index contributed by atoms with van der Waals surface area (Å²) >= 11 is 5.61. The Hall–Kier alpha value is -1.56. The summed E-state index contributed by atoms with van der Waals surface area (Å²) in [6.45, 7) is 7.79. The number of nitrogens with zero attached hydrogens (tertiary/aromatic N) is 3. The highest BCUT2D eigenvalue weighted by Gasteiger charge is 2.24. The molecule has 1 N–H and O–H groups in total. The SMILES string of the molecule is C=C(Cl)CNc1c([N+](=O)[O-])c(C)nn1CC. The number of hydrogen-bond acceptors (Lipinski definition) is 4. The molecule has 0 spiro atoms. The van der Waals surface area contributed by atoms with Crippen molar-refractivity contribution in [2.75, 3.05) is 11.9 Å². The van der Waals surface area contributed by atoms with Crippen molar-refractivity contribution < 1.29 is 4.92 Å². The Morgan fingerprint density at radius 2 is 2.38 bits per heavy atom. The van der Waals surface area contributed by atoms with E-state index in [0.29, 0.717) is 23.1 Å². The van der Waals surface area contributed by atoms with Gasteiger partial charge in [0.2, 0.25) is 5.82 Å². The van der Waals surface area contributed by atoms with Crippen LogP contribution in [0.2, 0.25) is 0 Å². The van der Waals surface area contributed by atoms with E-state index in [2.05, 4.69) is 17.0 Å². The lowest BCUT2D eigenvalue weighted by Gasteiger charge is -2.06. The molecule has 0 amide bonds. The lowest BCUT2D eigenvalue weighted by Crippen LogP contribution is -2.09. The van der Waals surface area contributed by atoms with Crippen LogP contribution in [0.25, 0.3) is 0 Å². The number of nitrogens with one attached hydrogen (secondary N) is 1. The van der Waals surface area contributed by atoms with Crippen LogP contribution in [0.15, 0.2) is 11.6 Å². The summed E-state index contributed by atoms with van der Waals surface area (Å²) < 4.78 is 1.54. The zero-order valence-electron chi connectivity index (χ0n) is 9.16. The van der Waals surface area contributed by atoms with Crippen molar-refractivity contribution in [3.63, 3.8) is 0 Å². The number of aryl methyl sites for hydroxylation is 2. The summed E-state index contributed by atoms with van der Waals surface area (Å²) in [5, 5.41) is 18.2. The van der Waals surface area contributed by atoms with Crippen molar-refractivity contribution in [3.8, 4) is 0 Å². The van der Waals surface area contributed by atoms with Gasteiger partial charge in [-0.25, -0.2) is 4.68 Å². The quantitative estimate of drug-likeness (QED) is 0.637. The molecular weight excluding hydrogens is 232 g/mol. The topological polar surface area (TPSA) is 73.0 Å². The molecule has 88 valence electrons. The van der Waals surface area contributed by atoms with Crippen LogP contribution in [0, 0.1) is 17.0 Å². The molecule has 0 saturated heterocycles. The molecule has 0 bridgehead atoms. The van der Waals surface area contributed by atoms with Crippen molar-refractivity contribution >= 4 is 23.1 Å². The first-order chi connectivity index (χ1) is 7.47. The molecule has 1 rings (SSSR count). The Kier molecular flexibility index (Phi) is 3.89. The standard InChI is InChI=1S/C9H13ClN4O2/c1-4-13-9(11-5-6(2)10)8(14(15)16)7(3)12-13/h11H,2,4-5H2,1,3H3. The van der Waals surface area contributed by atoms with Gasteiger partial charge in [-0.3, -0.25) is 10.1 Å². The molecular formula is C9H13ClN4O2. The summed E-state index contributed by atoms with van der Waals surface area (Å²) in [5.41, 5.74) is 0.370. The molecule has 6 nitrogen and oxygen atoms in total. The lowest BCUT2D eigenvalue weighted by atomic mass is 10.4. The summed E-state index contributed by atoms with van der Waals surface area (Å²) in [6.07, 6.45) is 0. The molecule has 0 aromatic carbocycles. The van der Waals surface area contributed by atoms with Gasteiger partial charge in [0.15, 0.2) is 0 Å². The van der Waals surface area contributed by atoms with Crippen molar-refractivity contribution in [2.24, 2.45) is 0 Å². The summed E-state index contributed by atoms with van der Waals surface area (Å²) in [5.74, 6) is 0.367. The van der Waals surface area contributed by atoms with Gasteiger partial charge in [-0.05, 0) is 13.8 Å². The third kappa shape index (κ3) is 2.52. The maximum absolute atomic E-state index is 10.9. The predicted molar refractivity (Wildman–Crippen MR) is 62.8 cm³/mol. The fourth-order valence-corrected chi connectivity index (χ4v) is 1.44. The number of nitro groups is 1. The predicted octanol–water partition coefficient (Wildman–Crippen LogP) is 2.28. The van der Waals surface area contributed by atoms with Gasteiger partial charge in [-0.2, -0.15) is 5.10 Å². The Balaban J connectivity index is 3.11. The molecule has 0 aliphatic heterocycles. The van der Waals surface area contributed by atoms with Crippen LogP contribution in [-0.4, -0.2) is 21.2 Å². The van der Waals surface area contributed by atoms with Crippen LogP contribution in [0.5, 0.6) is 0 Å². The van der Waals surface area contributed by atoms with E-state index in [4.69, 9.17) is 11.6 Å². The smallest absolute Gasteiger partial charge is 0.333 e. The fraction of sp³-hybridized carbons (Fsp3) is 0.444. The Morgan fingerprint density at radius 1 is 1.75 bits per heavy atom. The summed E-state index contributed by atoms with van der Waals surface area (Å²) in [7, 11) is 0. The molecule has 0 aliphatic rings. The lowest BCUT2D eigenvalue weighted by molar-refractivity contribution is -0.384. The minimum atomic E-state index is -0.451. The van der Waals surface area contributed by atoms with Gasteiger partial charge < -0.3 is 5.32 Å². The molecule has 0 radical (unpaired) electrons. The maximum Gasteiger partial charge on any atom is 0.333 e. The van der Waals surface area contributed by atoms with E-state index in [0.717, 1.165) is 0 Å². The van der Waals surface area contributed by atoms with Crippen LogP contribution in [0.4, 0.5) is 11.5 Å². The first-order valence-corrected chi connectivity index (χ1v) is 5.14. The number of anilines is 1. The van der Waals surface area contributed by atoms with Crippen molar-refractivity contribution in [1.82, 2.24) is 9.78 Å². The highest BCUT2D eigenvalue weighted by Crippen LogP contribution is 2.28. The van der Waals surface area contributed by atoms with Gasteiger partial charge in [0.05, 0.1) is 11.5 Å². The first-order valence-electron chi connectivity index (χ1n) is 4.76. The summed E-state index contributed by atoms with van der Waals surface area (Å²) in [6, 6.07) is 0. The molecule has 7 heteroatoms. The molecule has 0 saturated carbocycles. The van der Waals surface area contributed by atoms with Gasteiger partial charge in [-0.1, -0.05) is 18.2 Å². The monoisotopic (exact) mass is 244 g/mol. The maximum atomic E-state index is 10.9. The Labute approximate surface area is 98.0 Å². The average molecular weight is 245 g/mol. The van der Waals surface area contributed by atoms with Crippen molar-refractivity contribution in [1.29, 1.82) is 0 Å². The zero-order chi connectivity index (χ0) is 12.3. The number of halogens is 1. The summed E-state index contributed by atoms with van der Waals surface area (Å²) in [4.78, 5) is 10.4. The minimum absolute atomic E-state index is 0.0141. The molecule has 0 atom stereocenters. The highest BCUT2D eigenvalue weighted by molar-refractivity contribution is 6.29. The second-order valence-electron chi connectivity index (χ2n) is 3.23. The van der Waals surface area contributed by atoms with E-state index >= 15 is 0 Å². The van der Waals surface area contributed by atoms with Crippen LogP contribution in [0.1, 0.15) is 12.6 Å². The third-order valence-electron chi connectivity index (χ3n) is 2.03. The largest absolute Gasteiger partial charge is 0.360 e. The zero-order valence-corrected chi connectivity index (χ0v) is 9.91. The number of aromatic nitrogens is 2. The van der Waals surface area contributed by atoms with E-state index in [1.54, 1.807) is 6.92 Å².